The molecule has 0 aromatic heterocycles. The van der Waals surface area contributed by atoms with Crippen LogP contribution in [0.15, 0.2) is 30.3 Å². The quantitative estimate of drug-likeness (QED) is 0.139. The van der Waals surface area contributed by atoms with Gasteiger partial charge in [-0.25, -0.2) is 4.79 Å². The molecule has 37 heavy (non-hydrogen) atoms. The van der Waals surface area contributed by atoms with Gasteiger partial charge in [0.15, 0.2) is 6.54 Å². The molecule has 0 aliphatic heterocycles. The Morgan fingerprint density at radius 1 is 0.892 bits per heavy atom. The summed E-state index contributed by atoms with van der Waals surface area (Å²) in [5, 5.41) is 3.04. The van der Waals surface area contributed by atoms with Crippen molar-refractivity contribution in [3.63, 3.8) is 0 Å². The summed E-state index contributed by atoms with van der Waals surface area (Å²) in [5.74, 6) is 0.549. The zero-order valence-corrected chi connectivity index (χ0v) is 25.0. The summed E-state index contributed by atoms with van der Waals surface area (Å²) >= 11 is 0. The van der Waals surface area contributed by atoms with Crippen molar-refractivity contribution < 1.29 is 31.2 Å². The number of carbonyl (C=O) groups excluding carboxylic acids is 2. The Balaban J connectivity index is 0.0000130. The number of hydrogen-bond acceptors (Lipinski definition) is 3. The van der Waals surface area contributed by atoms with Gasteiger partial charge in [0.2, 0.25) is 5.91 Å². The topological polar surface area (TPSA) is 55.4 Å². The molecule has 1 unspecified atom stereocenters. The van der Waals surface area contributed by atoms with E-state index in [1.807, 2.05) is 20.2 Å². The molecule has 0 aliphatic carbocycles. The minimum absolute atomic E-state index is 0. The minimum atomic E-state index is -0.135. The first-order valence-corrected chi connectivity index (χ1v) is 14.6. The highest BCUT2D eigenvalue weighted by Gasteiger charge is 2.21. The number of benzene rings is 1. The van der Waals surface area contributed by atoms with E-state index in [0.29, 0.717) is 36.5 Å². The van der Waals surface area contributed by atoms with Crippen molar-refractivity contribution in [3.05, 3.63) is 35.9 Å². The van der Waals surface area contributed by atoms with E-state index in [1.165, 1.54) is 50.5 Å². The van der Waals surface area contributed by atoms with Crippen LogP contribution in [0.5, 0.6) is 0 Å². The van der Waals surface area contributed by atoms with Crippen LogP contribution in [-0.4, -0.2) is 56.7 Å². The maximum Gasteiger partial charge on any atom is 0.361 e. The molecule has 5 nitrogen and oxygen atoms in total. The van der Waals surface area contributed by atoms with Crippen LogP contribution < -0.4 is 17.7 Å². The summed E-state index contributed by atoms with van der Waals surface area (Å²) < 4.78 is 6.10. The van der Waals surface area contributed by atoms with Crippen LogP contribution in [-0.2, 0) is 20.7 Å². The van der Waals surface area contributed by atoms with Crippen LogP contribution >= 0.6 is 0 Å². The van der Waals surface area contributed by atoms with Crippen LogP contribution in [0, 0.1) is 5.92 Å². The monoisotopic (exact) mass is 538 g/mol. The Labute approximate surface area is 234 Å². The van der Waals surface area contributed by atoms with Gasteiger partial charge < -0.3 is 26.9 Å². The number of esters is 1. The first-order valence-electron chi connectivity index (χ1n) is 14.6. The molecule has 1 aromatic carbocycles. The fraction of sp³-hybridized carbons (Fsp3) is 0.742. The molecule has 6 heteroatoms. The van der Waals surface area contributed by atoms with E-state index in [4.69, 9.17) is 4.74 Å². The van der Waals surface area contributed by atoms with Crippen molar-refractivity contribution in [3.8, 4) is 0 Å². The van der Waals surface area contributed by atoms with Gasteiger partial charge in [0.1, 0.15) is 0 Å². The minimum Gasteiger partial charge on any atom is -1.00 e. The molecule has 0 saturated carbocycles. The Bertz CT molecular complexity index is 697. The Morgan fingerprint density at radius 2 is 1.51 bits per heavy atom. The zero-order valence-electron chi connectivity index (χ0n) is 24.2. The number of nitrogens with zero attached hydrogens (tertiary/aromatic N) is 1. The number of nitrogens with one attached hydrogen (secondary N) is 1. The highest BCUT2D eigenvalue weighted by molar-refractivity contribution is 5.75. The normalized spacial score (nSPS) is 12.0. The van der Waals surface area contributed by atoms with Crippen molar-refractivity contribution in [2.75, 3.05) is 40.3 Å². The highest BCUT2D eigenvalue weighted by Crippen LogP contribution is 2.13. The molecule has 0 saturated heterocycles. The van der Waals surface area contributed by atoms with E-state index in [1.54, 1.807) is 0 Å². The SMILES string of the molecule is CCCCCCCCCCCC(=O)NCCC[N+](C)(C)CC(=O)OCCC(C)CCc1ccccc1.[Cl-]. The standard InChI is InChI=1S/C31H54N2O3.ClH/c1-5-6-7-8-9-10-11-12-16-20-30(34)32-24-17-25-33(3,4)27-31(35)36-26-23-28(2)21-22-29-18-14-13-15-19-29;/h13-15,18-19,28H,5-12,16-17,20-27H2,1-4H3;1H. The lowest BCUT2D eigenvalue weighted by molar-refractivity contribution is -0.883. The van der Waals surface area contributed by atoms with Crippen molar-refractivity contribution in [2.45, 2.75) is 104 Å². The van der Waals surface area contributed by atoms with E-state index in [2.05, 4.69) is 43.4 Å². The number of unbranched alkanes of at least 4 members (excludes halogenated alkanes) is 8. The predicted octanol–water partition coefficient (Wildman–Crippen LogP) is 3.70. The third kappa shape index (κ3) is 21.1. The number of rotatable bonds is 22. The third-order valence-corrected chi connectivity index (χ3v) is 6.97. The first-order chi connectivity index (χ1) is 17.3. The second-order valence-corrected chi connectivity index (χ2v) is 11.2. The van der Waals surface area contributed by atoms with Gasteiger partial charge in [0.25, 0.3) is 0 Å². The number of hydrogen-bond donors (Lipinski definition) is 1. The van der Waals surface area contributed by atoms with Crippen LogP contribution in [0.3, 0.4) is 0 Å². The number of halogens is 1. The summed E-state index contributed by atoms with van der Waals surface area (Å²) in [6.07, 6.45) is 16.0. The molecule has 214 valence electrons. The van der Waals surface area contributed by atoms with Gasteiger partial charge in [0, 0.05) is 19.4 Å². The van der Waals surface area contributed by atoms with Crippen LogP contribution in [0.2, 0.25) is 0 Å². The molecule has 0 fully saturated rings. The average Bonchev–Trinajstić information content (AvgIpc) is 2.84. The lowest BCUT2D eigenvalue weighted by Crippen LogP contribution is -3.00. The van der Waals surface area contributed by atoms with E-state index in [0.717, 1.165) is 45.1 Å². The van der Waals surface area contributed by atoms with E-state index < -0.39 is 0 Å². The molecule has 1 atom stereocenters. The molecular weight excluding hydrogens is 484 g/mol. The number of aryl methyl sites for hydroxylation is 1. The molecule has 0 radical (unpaired) electrons. The number of ether oxygens (including phenoxy) is 1. The molecule has 1 N–H and O–H groups in total. The fourth-order valence-corrected chi connectivity index (χ4v) is 4.47. The number of amides is 1. The van der Waals surface area contributed by atoms with E-state index >= 15 is 0 Å². The zero-order chi connectivity index (χ0) is 26.5. The van der Waals surface area contributed by atoms with Crippen molar-refractivity contribution in [2.24, 2.45) is 5.92 Å². The molecule has 1 amide bonds. The Kier molecular flexibility index (Phi) is 21.4. The number of carbonyl (C=O) groups is 2. The largest absolute Gasteiger partial charge is 1.00 e. The van der Waals surface area contributed by atoms with E-state index in [9.17, 15) is 9.59 Å². The number of likely N-dealkylation sites (N-methyl/N-ethyl adjacent to an activating group) is 1. The Hall–Kier alpha value is -1.59. The summed E-state index contributed by atoms with van der Waals surface area (Å²) in [5.41, 5.74) is 1.36. The molecule has 0 aliphatic rings. The fourth-order valence-electron chi connectivity index (χ4n) is 4.47. The van der Waals surface area contributed by atoms with Crippen LogP contribution in [0.25, 0.3) is 0 Å². The Morgan fingerprint density at radius 3 is 2.16 bits per heavy atom. The third-order valence-electron chi connectivity index (χ3n) is 6.97. The van der Waals surface area contributed by atoms with Gasteiger partial charge in [-0.05, 0) is 37.2 Å². The molecular formula is C31H55ClN2O3. The van der Waals surface area contributed by atoms with E-state index in [-0.39, 0.29) is 24.3 Å². The van der Waals surface area contributed by atoms with Gasteiger partial charge in [0.05, 0.1) is 27.2 Å². The van der Waals surface area contributed by atoms with Gasteiger partial charge in [-0.1, -0.05) is 95.5 Å². The summed E-state index contributed by atoms with van der Waals surface area (Å²) in [6.45, 7) is 6.83. The molecule has 0 heterocycles. The number of quaternary nitrogens is 1. The smallest absolute Gasteiger partial charge is 0.361 e. The van der Waals surface area contributed by atoms with Gasteiger partial charge in [-0.3, -0.25) is 4.79 Å². The van der Waals surface area contributed by atoms with Crippen molar-refractivity contribution in [1.82, 2.24) is 5.32 Å². The van der Waals surface area contributed by atoms with Crippen molar-refractivity contribution in [1.29, 1.82) is 0 Å². The average molecular weight is 539 g/mol. The second-order valence-electron chi connectivity index (χ2n) is 11.2. The van der Waals surface area contributed by atoms with Gasteiger partial charge in [-0.2, -0.15) is 0 Å². The maximum atomic E-state index is 12.3. The second kappa shape index (κ2) is 22.4. The summed E-state index contributed by atoms with van der Waals surface area (Å²) in [6, 6.07) is 10.5. The molecule has 1 aromatic rings. The summed E-state index contributed by atoms with van der Waals surface area (Å²) in [4.78, 5) is 24.4. The molecule has 1 rings (SSSR count). The van der Waals surface area contributed by atoms with Gasteiger partial charge in [-0.15, -0.1) is 0 Å². The predicted molar refractivity (Wildman–Crippen MR) is 151 cm³/mol. The van der Waals surface area contributed by atoms with Crippen LogP contribution in [0.4, 0.5) is 0 Å². The van der Waals surface area contributed by atoms with Gasteiger partial charge >= 0.3 is 5.97 Å². The summed E-state index contributed by atoms with van der Waals surface area (Å²) in [7, 11) is 4.10. The van der Waals surface area contributed by atoms with Crippen LogP contribution in [0.1, 0.15) is 103 Å². The first kappa shape index (κ1) is 35.4. The highest BCUT2D eigenvalue weighted by atomic mass is 35.5. The lowest BCUT2D eigenvalue weighted by atomic mass is 9.99. The lowest BCUT2D eigenvalue weighted by Gasteiger charge is -2.28. The molecule has 0 spiro atoms. The maximum absolute atomic E-state index is 12.3. The molecule has 0 bridgehead atoms. The van der Waals surface area contributed by atoms with Crippen molar-refractivity contribution >= 4 is 11.9 Å².